The number of aryl methyl sites for hydroxylation is 2. The van der Waals surface area contributed by atoms with Gasteiger partial charge in [-0.15, -0.1) is 0 Å². The first-order valence-corrected chi connectivity index (χ1v) is 7.09. The van der Waals surface area contributed by atoms with Crippen LogP contribution in [0.25, 0.3) is 0 Å². The summed E-state index contributed by atoms with van der Waals surface area (Å²) < 4.78 is 5.20. The van der Waals surface area contributed by atoms with E-state index < -0.39 is 0 Å². The largest absolute Gasteiger partial charge is 0.497 e. The third kappa shape index (κ3) is 2.38. The fourth-order valence-corrected chi connectivity index (χ4v) is 2.85. The zero-order valence-corrected chi connectivity index (χ0v) is 12.2. The molecular weight excluding hydrogens is 250 g/mol. The Hall–Kier alpha value is -1.97. The molecule has 20 heavy (non-hydrogen) atoms. The van der Waals surface area contributed by atoms with Crippen LogP contribution < -0.4 is 10.1 Å². The number of hydrogen-bond acceptors (Lipinski definition) is 3. The quantitative estimate of drug-likeness (QED) is 0.896. The molecular formula is C16H21N3O. The summed E-state index contributed by atoms with van der Waals surface area (Å²) in [7, 11) is 1.70. The Kier molecular flexibility index (Phi) is 3.38. The average Bonchev–Trinajstić information content (AvgIpc) is 2.73. The maximum atomic E-state index is 5.20. The second-order valence-corrected chi connectivity index (χ2v) is 5.59. The van der Waals surface area contributed by atoms with Crippen LogP contribution in [0.15, 0.2) is 24.3 Å². The van der Waals surface area contributed by atoms with Crippen LogP contribution in [0.1, 0.15) is 35.7 Å². The van der Waals surface area contributed by atoms with Gasteiger partial charge in [0.2, 0.25) is 0 Å². The van der Waals surface area contributed by atoms with Crippen molar-refractivity contribution in [2.75, 3.05) is 12.4 Å². The molecule has 0 saturated heterocycles. The molecule has 0 amide bonds. The van der Waals surface area contributed by atoms with E-state index in [1.807, 2.05) is 19.1 Å². The zero-order valence-electron chi connectivity index (χ0n) is 12.2. The molecule has 4 nitrogen and oxygen atoms in total. The molecule has 106 valence electrons. The smallest absolute Gasteiger partial charge is 0.118 e. The van der Waals surface area contributed by atoms with Crippen LogP contribution in [0, 0.1) is 13.8 Å². The minimum Gasteiger partial charge on any atom is -0.497 e. The molecule has 1 aromatic carbocycles. The van der Waals surface area contributed by atoms with Crippen LogP contribution in [0.4, 0.5) is 5.69 Å². The summed E-state index contributed by atoms with van der Waals surface area (Å²) in [5.41, 5.74) is 4.75. The van der Waals surface area contributed by atoms with E-state index in [1.54, 1.807) is 7.11 Å². The molecule has 0 bridgehead atoms. The topological polar surface area (TPSA) is 49.9 Å². The number of nitrogens with one attached hydrogen (secondary N) is 2. The third-order valence-electron chi connectivity index (χ3n) is 4.20. The minimum atomic E-state index is 0.553. The first kappa shape index (κ1) is 13.0. The molecule has 1 aromatic heterocycles. The van der Waals surface area contributed by atoms with Gasteiger partial charge in [-0.05, 0) is 50.3 Å². The SMILES string of the molecule is COc1ccc(C2CC(Nc3c(C)n[nH]c3C)C2)cc1. The highest BCUT2D eigenvalue weighted by Crippen LogP contribution is 2.39. The molecule has 0 spiro atoms. The molecule has 3 rings (SSSR count). The number of aromatic amines is 1. The standard InChI is InChI=1S/C16H21N3O/c1-10-16(11(2)19-18-10)17-14-8-13(9-14)12-4-6-15(20-3)7-5-12/h4-7,13-14,17H,8-9H2,1-3H3,(H,18,19). The summed E-state index contributed by atoms with van der Waals surface area (Å²) in [5.74, 6) is 1.58. The van der Waals surface area contributed by atoms with Crippen molar-refractivity contribution in [1.82, 2.24) is 10.2 Å². The number of ether oxygens (including phenoxy) is 1. The molecule has 2 aromatic rings. The maximum absolute atomic E-state index is 5.20. The number of hydrogen-bond donors (Lipinski definition) is 2. The van der Waals surface area contributed by atoms with Gasteiger partial charge in [0.15, 0.2) is 0 Å². The highest BCUT2D eigenvalue weighted by molar-refractivity contribution is 5.52. The van der Waals surface area contributed by atoms with Gasteiger partial charge in [-0.25, -0.2) is 0 Å². The van der Waals surface area contributed by atoms with Gasteiger partial charge in [-0.1, -0.05) is 12.1 Å². The second-order valence-electron chi connectivity index (χ2n) is 5.59. The Labute approximate surface area is 119 Å². The fraction of sp³-hybridized carbons (Fsp3) is 0.438. The van der Waals surface area contributed by atoms with Crippen LogP contribution in [-0.4, -0.2) is 23.3 Å². The Bertz CT molecular complexity index is 563. The van der Waals surface area contributed by atoms with Gasteiger partial charge in [0.05, 0.1) is 24.2 Å². The molecule has 2 N–H and O–H groups in total. The van der Waals surface area contributed by atoms with E-state index >= 15 is 0 Å². The number of benzene rings is 1. The van der Waals surface area contributed by atoms with Gasteiger partial charge in [0.25, 0.3) is 0 Å². The van der Waals surface area contributed by atoms with Gasteiger partial charge in [0, 0.05) is 6.04 Å². The van der Waals surface area contributed by atoms with Gasteiger partial charge in [0.1, 0.15) is 5.75 Å². The number of rotatable bonds is 4. The molecule has 1 heterocycles. The molecule has 1 fully saturated rings. The molecule has 0 radical (unpaired) electrons. The van der Waals surface area contributed by atoms with E-state index in [4.69, 9.17) is 4.74 Å². The second kappa shape index (κ2) is 5.19. The Morgan fingerprint density at radius 1 is 1.20 bits per heavy atom. The number of aromatic nitrogens is 2. The van der Waals surface area contributed by atoms with Crippen LogP contribution in [-0.2, 0) is 0 Å². The van der Waals surface area contributed by atoms with E-state index in [0.717, 1.165) is 17.1 Å². The van der Waals surface area contributed by atoms with Crippen LogP contribution in [0.3, 0.4) is 0 Å². The summed E-state index contributed by atoms with van der Waals surface area (Å²) >= 11 is 0. The highest BCUT2D eigenvalue weighted by Gasteiger charge is 2.31. The van der Waals surface area contributed by atoms with Crippen LogP contribution >= 0.6 is 0 Å². The van der Waals surface area contributed by atoms with Crippen molar-refractivity contribution < 1.29 is 4.74 Å². The summed E-state index contributed by atoms with van der Waals surface area (Å²) in [6.45, 7) is 4.09. The summed E-state index contributed by atoms with van der Waals surface area (Å²) in [4.78, 5) is 0. The first-order chi connectivity index (χ1) is 9.67. The molecule has 4 heteroatoms. The van der Waals surface area contributed by atoms with Gasteiger partial charge >= 0.3 is 0 Å². The third-order valence-corrected chi connectivity index (χ3v) is 4.20. The van der Waals surface area contributed by atoms with Crippen LogP contribution in [0.2, 0.25) is 0 Å². The van der Waals surface area contributed by atoms with Crippen molar-refractivity contribution in [3.63, 3.8) is 0 Å². The van der Waals surface area contributed by atoms with E-state index in [2.05, 4.69) is 34.6 Å². The first-order valence-electron chi connectivity index (χ1n) is 7.09. The molecule has 1 saturated carbocycles. The normalized spacial score (nSPS) is 21.4. The summed E-state index contributed by atoms with van der Waals surface area (Å²) in [5, 5.41) is 10.8. The Balaban J connectivity index is 1.58. The number of anilines is 1. The van der Waals surface area contributed by atoms with Crippen molar-refractivity contribution in [3.8, 4) is 5.75 Å². The number of nitrogens with zero attached hydrogens (tertiary/aromatic N) is 1. The molecule has 1 aliphatic rings. The minimum absolute atomic E-state index is 0.553. The lowest BCUT2D eigenvalue weighted by Gasteiger charge is -2.37. The van der Waals surface area contributed by atoms with Gasteiger partial charge in [-0.3, -0.25) is 5.10 Å². The Morgan fingerprint density at radius 3 is 2.45 bits per heavy atom. The monoisotopic (exact) mass is 271 g/mol. The van der Waals surface area contributed by atoms with Gasteiger partial charge in [-0.2, -0.15) is 5.10 Å². The lowest BCUT2D eigenvalue weighted by molar-refractivity contribution is 0.373. The maximum Gasteiger partial charge on any atom is 0.118 e. The lowest BCUT2D eigenvalue weighted by Crippen LogP contribution is -2.34. The van der Waals surface area contributed by atoms with Crippen molar-refractivity contribution in [2.45, 2.75) is 38.6 Å². The van der Waals surface area contributed by atoms with Crippen LogP contribution in [0.5, 0.6) is 5.75 Å². The highest BCUT2D eigenvalue weighted by atomic mass is 16.5. The van der Waals surface area contributed by atoms with Gasteiger partial charge < -0.3 is 10.1 Å². The van der Waals surface area contributed by atoms with Crippen molar-refractivity contribution in [1.29, 1.82) is 0 Å². The lowest BCUT2D eigenvalue weighted by atomic mass is 9.76. The van der Waals surface area contributed by atoms with Crippen molar-refractivity contribution in [3.05, 3.63) is 41.2 Å². The van der Waals surface area contributed by atoms with Crippen molar-refractivity contribution >= 4 is 5.69 Å². The summed E-state index contributed by atoms with van der Waals surface area (Å²) in [6.07, 6.45) is 2.35. The molecule has 0 unspecified atom stereocenters. The summed E-state index contributed by atoms with van der Waals surface area (Å²) in [6, 6.07) is 8.99. The van der Waals surface area contributed by atoms with E-state index in [-0.39, 0.29) is 0 Å². The zero-order chi connectivity index (χ0) is 14.1. The molecule has 0 aliphatic heterocycles. The van der Waals surface area contributed by atoms with E-state index in [0.29, 0.717) is 12.0 Å². The van der Waals surface area contributed by atoms with Crippen molar-refractivity contribution in [2.24, 2.45) is 0 Å². The Morgan fingerprint density at radius 2 is 1.90 bits per heavy atom. The van der Waals surface area contributed by atoms with E-state index in [9.17, 15) is 0 Å². The molecule has 1 aliphatic carbocycles. The fourth-order valence-electron chi connectivity index (χ4n) is 2.85. The number of methoxy groups -OCH3 is 1. The predicted molar refractivity (Wildman–Crippen MR) is 80.4 cm³/mol. The van der Waals surface area contributed by atoms with E-state index in [1.165, 1.54) is 24.1 Å². The number of H-pyrrole nitrogens is 1. The molecule has 0 atom stereocenters. The average molecular weight is 271 g/mol. The predicted octanol–water partition coefficient (Wildman–Crippen LogP) is 3.39.